The molecule has 0 radical (unpaired) electrons. The summed E-state index contributed by atoms with van der Waals surface area (Å²) in [4.78, 5) is 4.04. The van der Waals surface area contributed by atoms with Gasteiger partial charge in [-0.15, -0.1) is 0 Å². The molecule has 2 rings (SSSR count). The summed E-state index contributed by atoms with van der Waals surface area (Å²) in [5.41, 5.74) is 0.192. The van der Waals surface area contributed by atoms with Crippen molar-refractivity contribution < 1.29 is 4.74 Å². The van der Waals surface area contributed by atoms with Gasteiger partial charge in [-0.3, -0.25) is 4.98 Å². The van der Waals surface area contributed by atoms with E-state index in [9.17, 15) is 0 Å². The Morgan fingerprint density at radius 1 is 1.59 bits per heavy atom. The summed E-state index contributed by atoms with van der Waals surface area (Å²) in [6.45, 7) is 4.47. The average molecular weight is 255 g/mol. The van der Waals surface area contributed by atoms with Crippen molar-refractivity contribution in [2.75, 3.05) is 7.05 Å². The normalized spacial score (nSPS) is 32.0. The molecule has 1 heterocycles. The number of hydrogen-bond acceptors (Lipinski definition) is 3. The van der Waals surface area contributed by atoms with Crippen LogP contribution >= 0.6 is 11.6 Å². The van der Waals surface area contributed by atoms with Crippen LogP contribution in [0.3, 0.4) is 0 Å². The number of ether oxygens (including phenoxy) is 1. The van der Waals surface area contributed by atoms with Gasteiger partial charge in [-0.2, -0.15) is 0 Å². The smallest absolute Gasteiger partial charge is 0.139 e. The minimum atomic E-state index is 0.192. The van der Waals surface area contributed by atoms with E-state index >= 15 is 0 Å². The van der Waals surface area contributed by atoms with Crippen LogP contribution in [-0.4, -0.2) is 24.2 Å². The molecule has 1 aliphatic rings. The third-order valence-electron chi connectivity index (χ3n) is 4.05. The molecular formula is C13H19ClN2O. The van der Waals surface area contributed by atoms with Crippen LogP contribution in [0.4, 0.5) is 0 Å². The highest BCUT2D eigenvalue weighted by atomic mass is 35.5. The molecule has 17 heavy (non-hydrogen) atoms. The Morgan fingerprint density at radius 2 is 2.35 bits per heavy atom. The summed E-state index contributed by atoms with van der Waals surface area (Å²) in [7, 11) is 2.01. The van der Waals surface area contributed by atoms with Gasteiger partial charge >= 0.3 is 0 Å². The van der Waals surface area contributed by atoms with Gasteiger partial charge in [0, 0.05) is 30.1 Å². The highest BCUT2D eigenvalue weighted by Gasteiger charge is 2.51. The second-order valence-electron chi connectivity index (χ2n) is 4.88. The second-order valence-corrected chi connectivity index (χ2v) is 5.32. The first-order chi connectivity index (χ1) is 8.10. The molecular weight excluding hydrogens is 236 g/mol. The zero-order valence-electron chi connectivity index (χ0n) is 10.5. The fourth-order valence-corrected chi connectivity index (χ4v) is 2.71. The van der Waals surface area contributed by atoms with E-state index in [1.165, 1.54) is 0 Å². The van der Waals surface area contributed by atoms with Crippen LogP contribution < -0.4 is 10.1 Å². The van der Waals surface area contributed by atoms with Gasteiger partial charge in [-0.1, -0.05) is 25.4 Å². The lowest BCUT2D eigenvalue weighted by molar-refractivity contribution is -0.0678. The first-order valence-electron chi connectivity index (χ1n) is 6.04. The monoisotopic (exact) mass is 254 g/mol. The average Bonchev–Trinajstić information content (AvgIpc) is 2.33. The maximum absolute atomic E-state index is 5.98. The maximum atomic E-state index is 5.98. The first-order valence-corrected chi connectivity index (χ1v) is 6.42. The van der Waals surface area contributed by atoms with E-state index in [4.69, 9.17) is 16.3 Å². The van der Waals surface area contributed by atoms with Crippen LogP contribution in [0.5, 0.6) is 5.75 Å². The Labute approximate surface area is 108 Å². The Hall–Kier alpha value is -0.800. The van der Waals surface area contributed by atoms with Crippen LogP contribution in [0.2, 0.25) is 5.02 Å². The van der Waals surface area contributed by atoms with Crippen molar-refractivity contribution >= 4 is 11.6 Å². The minimum Gasteiger partial charge on any atom is -0.488 e. The van der Waals surface area contributed by atoms with Crippen molar-refractivity contribution in [2.24, 2.45) is 5.41 Å². The fourth-order valence-electron chi connectivity index (χ4n) is 2.54. The number of pyridine rings is 1. The Balaban J connectivity index is 2.06. The van der Waals surface area contributed by atoms with Crippen molar-refractivity contribution in [3.63, 3.8) is 0 Å². The Morgan fingerprint density at radius 3 is 2.94 bits per heavy atom. The van der Waals surface area contributed by atoms with Crippen LogP contribution in [0.1, 0.15) is 26.7 Å². The van der Waals surface area contributed by atoms with Gasteiger partial charge in [0.25, 0.3) is 0 Å². The first kappa shape index (κ1) is 12.7. The predicted octanol–water partition coefficient (Wildman–Crippen LogP) is 2.89. The second kappa shape index (κ2) is 4.83. The summed E-state index contributed by atoms with van der Waals surface area (Å²) >= 11 is 5.90. The molecule has 3 nitrogen and oxygen atoms in total. The summed E-state index contributed by atoms with van der Waals surface area (Å²) in [5, 5.41) is 3.96. The third kappa shape index (κ3) is 2.26. The Kier molecular flexibility index (Phi) is 3.59. The molecule has 4 heteroatoms. The molecule has 1 aromatic rings. The van der Waals surface area contributed by atoms with Crippen molar-refractivity contribution in [3.8, 4) is 5.75 Å². The van der Waals surface area contributed by atoms with Crippen molar-refractivity contribution in [1.82, 2.24) is 10.3 Å². The number of nitrogens with one attached hydrogen (secondary N) is 1. The summed E-state index contributed by atoms with van der Waals surface area (Å²) in [6.07, 6.45) is 5.70. The molecule has 3 atom stereocenters. The topological polar surface area (TPSA) is 34.1 Å². The molecule has 1 aromatic heterocycles. The lowest BCUT2D eigenvalue weighted by Crippen LogP contribution is -2.62. The predicted molar refractivity (Wildman–Crippen MR) is 69.5 cm³/mol. The SMILES string of the molecule is CCC1(C)C(NC)CC1Oc1cncc(Cl)c1. The number of hydrogen-bond donors (Lipinski definition) is 1. The molecule has 0 aromatic carbocycles. The molecule has 1 N–H and O–H groups in total. The van der Waals surface area contributed by atoms with Gasteiger partial charge in [0.15, 0.2) is 0 Å². The number of rotatable bonds is 4. The van der Waals surface area contributed by atoms with Crippen LogP contribution in [0.15, 0.2) is 18.5 Å². The van der Waals surface area contributed by atoms with Crippen molar-refractivity contribution in [2.45, 2.75) is 38.8 Å². The molecule has 0 aliphatic heterocycles. The molecule has 1 saturated carbocycles. The largest absolute Gasteiger partial charge is 0.488 e. The van der Waals surface area contributed by atoms with Crippen LogP contribution in [0.25, 0.3) is 0 Å². The molecule has 1 fully saturated rings. The summed E-state index contributed by atoms with van der Waals surface area (Å²) < 4.78 is 5.98. The van der Waals surface area contributed by atoms with E-state index in [2.05, 4.69) is 24.1 Å². The molecule has 94 valence electrons. The molecule has 3 unspecified atom stereocenters. The van der Waals surface area contributed by atoms with Gasteiger partial charge in [0.1, 0.15) is 11.9 Å². The third-order valence-corrected chi connectivity index (χ3v) is 4.26. The van der Waals surface area contributed by atoms with Crippen molar-refractivity contribution in [3.05, 3.63) is 23.5 Å². The molecule has 1 aliphatic carbocycles. The van der Waals surface area contributed by atoms with Gasteiger partial charge in [-0.05, 0) is 13.5 Å². The Bertz CT molecular complexity index is 399. The van der Waals surface area contributed by atoms with Crippen LogP contribution in [-0.2, 0) is 0 Å². The highest BCUT2D eigenvalue weighted by Crippen LogP contribution is 2.45. The van der Waals surface area contributed by atoms with E-state index in [1.807, 2.05) is 13.1 Å². The van der Waals surface area contributed by atoms with Gasteiger partial charge in [0.05, 0.1) is 11.2 Å². The van der Waals surface area contributed by atoms with E-state index in [0.29, 0.717) is 11.1 Å². The maximum Gasteiger partial charge on any atom is 0.139 e. The molecule has 0 saturated heterocycles. The van der Waals surface area contributed by atoms with E-state index in [1.54, 1.807) is 12.4 Å². The quantitative estimate of drug-likeness (QED) is 0.897. The summed E-state index contributed by atoms with van der Waals surface area (Å²) in [5.74, 6) is 0.761. The standard InChI is InChI=1S/C13H19ClN2O/c1-4-13(2)11(15-3)6-12(13)17-10-5-9(14)7-16-8-10/h5,7-8,11-12,15H,4,6H2,1-3H3. The lowest BCUT2D eigenvalue weighted by Gasteiger charge is -2.53. The number of aromatic nitrogens is 1. The van der Waals surface area contributed by atoms with Gasteiger partial charge < -0.3 is 10.1 Å². The van der Waals surface area contributed by atoms with Crippen molar-refractivity contribution in [1.29, 1.82) is 0 Å². The zero-order chi connectivity index (χ0) is 12.5. The minimum absolute atomic E-state index is 0.192. The molecule has 0 spiro atoms. The lowest BCUT2D eigenvalue weighted by atomic mass is 9.61. The number of halogens is 1. The van der Waals surface area contributed by atoms with E-state index in [-0.39, 0.29) is 11.5 Å². The summed E-state index contributed by atoms with van der Waals surface area (Å²) in [6, 6.07) is 2.35. The fraction of sp³-hybridized carbons (Fsp3) is 0.615. The van der Waals surface area contributed by atoms with Crippen LogP contribution in [0, 0.1) is 5.41 Å². The molecule has 0 bridgehead atoms. The van der Waals surface area contributed by atoms with Gasteiger partial charge in [0.2, 0.25) is 0 Å². The highest BCUT2D eigenvalue weighted by molar-refractivity contribution is 6.30. The molecule has 0 amide bonds. The number of nitrogens with zero attached hydrogens (tertiary/aromatic N) is 1. The van der Waals surface area contributed by atoms with E-state index in [0.717, 1.165) is 18.6 Å². The zero-order valence-corrected chi connectivity index (χ0v) is 11.3. The van der Waals surface area contributed by atoms with E-state index < -0.39 is 0 Å². The van der Waals surface area contributed by atoms with Gasteiger partial charge in [-0.25, -0.2) is 0 Å².